The van der Waals surface area contributed by atoms with Crippen molar-refractivity contribution in [2.24, 2.45) is 5.92 Å². The molecular formula is C18H31NO. The van der Waals surface area contributed by atoms with Crippen LogP contribution in [0.25, 0.3) is 0 Å². The van der Waals surface area contributed by atoms with Crippen molar-refractivity contribution in [1.29, 1.82) is 0 Å². The predicted molar refractivity (Wildman–Crippen MR) is 86.8 cm³/mol. The maximum atomic E-state index is 5.81. The molecule has 1 rings (SSSR count). The molecule has 0 radical (unpaired) electrons. The van der Waals surface area contributed by atoms with Gasteiger partial charge in [-0.2, -0.15) is 0 Å². The first-order chi connectivity index (χ1) is 9.40. The molecule has 0 fully saturated rings. The summed E-state index contributed by atoms with van der Waals surface area (Å²) in [7, 11) is 0. The molecule has 1 atom stereocenters. The van der Waals surface area contributed by atoms with E-state index in [4.69, 9.17) is 4.74 Å². The summed E-state index contributed by atoms with van der Waals surface area (Å²) in [4.78, 5) is 0. The molecule has 0 aromatic heterocycles. The molecule has 0 aliphatic heterocycles. The quantitative estimate of drug-likeness (QED) is 0.754. The molecule has 20 heavy (non-hydrogen) atoms. The van der Waals surface area contributed by atoms with Crippen molar-refractivity contribution in [2.45, 2.75) is 66.2 Å². The van der Waals surface area contributed by atoms with Crippen LogP contribution in [0.15, 0.2) is 24.3 Å². The van der Waals surface area contributed by atoms with Crippen molar-refractivity contribution in [1.82, 2.24) is 5.32 Å². The van der Waals surface area contributed by atoms with E-state index < -0.39 is 0 Å². The minimum absolute atomic E-state index is 0.155. The molecule has 2 heteroatoms. The molecule has 0 aliphatic rings. The Morgan fingerprint density at radius 3 is 2.55 bits per heavy atom. The number of rotatable bonds is 8. The molecule has 0 bridgehead atoms. The Bertz CT molecular complexity index is 381. The van der Waals surface area contributed by atoms with Gasteiger partial charge in [-0.1, -0.05) is 44.5 Å². The molecule has 0 amide bonds. The summed E-state index contributed by atoms with van der Waals surface area (Å²) in [5.74, 6) is 0.658. The minimum atomic E-state index is 0.155. The van der Waals surface area contributed by atoms with E-state index in [9.17, 15) is 0 Å². The van der Waals surface area contributed by atoms with Crippen LogP contribution in [0.1, 0.15) is 58.6 Å². The van der Waals surface area contributed by atoms with Gasteiger partial charge in [0.2, 0.25) is 0 Å². The Labute approximate surface area is 124 Å². The fourth-order valence-corrected chi connectivity index (χ4v) is 2.15. The lowest BCUT2D eigenvalue weighted by Crippen LogP contribution is -2.35. The highest BCUT2D eigenvalue weighted by molar-refractivity contribution is 5.23. The van der Waals surface area contributed by atoms with Gasteiger partial charge in [0.05, 0.1) is 6.61 Å². The van der Waals surface area contributed by atoms with E-state index in [1.807, 2.05) is 0 Å². The summed E-state index contributed by atoms with van der Waals surface area (Å²) < 4.78 is 5.81. The number of benzene rings is 1. The average molecular weight is 277 g/mol. The molecule has 1 unspecified atom stereocenters. The van der Waals surface area contributed by atoms with E-state index in [2.05, 4.69) is 64.2 Å². The van der Waals surface area contributed by atoms with Gasteiger partial charge in [-0.05, 0) is 44.2 Å². The number of hydrogen-bond donors (Lipinski definition) is 1. The molecule has 0 saturated carbocycles. The lowest BCUT2D eigenvalue weighted by Gasteiger charge is -2.20. The highest BCUT2D eigenvalue weighted by Crippen LogP contribution is 2.11. The molecular weight excluding hydrogens is 246 g/mol. The van der Waals surface area contributed by atoms with Crippen molar-refractivity contribution in [2.75, 3.05) is 6.61 Å². The summed E-state index contributed by atoms with van der Waals surface area (Å²) in [6.07, 6.45) is 2.48. The molecule has 0 heterocycles. The fourth-order valence-electron chi connectivity index (χ4n) is 2.15. The molecule has 0 saturated heterocycles. The Hall–Kier alpha value is -0.860. The van der Waals surface area contributed by atoms with Gasteiger partial charge < -0.3 is 10.1 Å². The Morgan fingerprint density at radius 2 is 1.90 bits per heavy atom. The lowest BCUT2D eigenvalue weighted by molar-refractivity contribution is 0.0893. The first-order valence-electron chi connectivity index (χ1n) is 7.81. The van der Waals surface area contributed by atoms with Crippen molar-refractivity contribution in [3.05, 3.63) is 35.4 Å². The molecule has 2 nitrogen and oxygen atoms in total. The van der Waals surface area contributed by atoms with E-state index in [0.717, 1.165) is 19.8 Å². The topological polar surface area (TPSA) is 21.3 Å². The summed E-state index contributed by atoms with van der Waals surface area (Å²) in [6, 6.07) is 8.67. The zero-order valence-corrected chi connectivity index (χ0v) is 13.8. The van der Waals surface area contributed by atoms with E-state index in [0.29, 0.717) is 5.92 Å². The zero-order valence-electron chi connectivity index (χ0n) is 13.8. The van der Waals surface area contributed by atoms with Gasteiger partial charge in [-0.15, -0.1) is 0 Å². The van der Waals surface area contributed by atoms with Crippen LogP contribution >= 0.6 is 0 Å². The van der Waals surface area contributed by atoms with Gasteiger partial charge in [0.15, 0.2) is 0 Å². The summed E-state index contributed by atoms with van der Waals surface area (Å²) in [6.45, 7) is 13.5. The van der Waals surface area contributed by atoms with Gasteiger partial charge in [-0.25, -0.2) is 0 Å². The van der Waals surface area contributed by atoms with E-state index >= 15 is 0 Å². The normalized spacial score (nSPS) is 13.4. The van der Waals surface area contributed by atoms with Crippen molar-refractivity contribution < 1.29 is 4.74 Å². The zero-order chi connectivity index (χ0) is 15.0. The standard InChI is InChI=1S/C18H31NO/c1-6-8-15(2)13-20-14-17-10-7-9-16(11-17)12-19-18(3,4)5/h7,9-11,15,19H,6,8,12-14H2,1-5H3. The molecule has 1 N–H and O–H groups in total. The maximum Gasteiger partial charge on any atom is 0.0717 e. The van der Waals surface area contributed by atoms with Crippen LogP contribution in [-0.4, -0.2) is 12.1 Å². The number of hydrogen-bond acceptors (Lipinski definition) is 2. The molecule has 114 valence electrons. The molecule has 1 aromatic carbocycles. The maximum absolute atomic E-state index is 5.81. The summed E-state index contributed by atoms with van der Waals surface area (Å²) in [5, 5.41) is 3.52. The second kappa shape index (κ2) is 8.43. The van der Waals surface area contributed by atoms with E-state index in [-0.39, 0.29) is 5.54 Å². The van der Waals surface area contributed by atoms with Crippen molar-refractivity contribution in [3.63, 3.8) is 0 Å². The Morgan fingerprint density at radius 1 is 1.20 bits per heavy atom. The predicted octanol–water partition coefficient (Wildman–Crippen LogP) is 4.53. The van der Waals surface area contributed by atoms with E-state index in [1.165, 1.54) is 24.0 Å². The fraction of sp³-hybridized carbons (Fsp3) is 0.667. The van der Waals surface area contributed by atoms with Crippen LogP contribution in [0.5, 0.6) is 0 Å². The Balaban J connectivity index is 2.39. The third-order valence-corrected chi connectivity index (χ3v) is 3.27. The third-order valence-electron chi connectivity index (χ3n) is 3.27. The third kappa shape index (κ3) is 7.66. The highest BCUT2D eigenvalue weighted by atomic mass is 16.5. The van der Waals surface area contributed by atoms with Crippen LogP contribution in [0.3, 0.4) is 0 Å². The van der Waals surface area contributed by atoms with Gasteiger partial charge in [0.25, 0.3) is 0 Å². The first kappa shape index (κ1) is 17.2. The number of nitrogens with one attached hydrogen (secondary N) is 1. The van der Waals surface area contributed by atoms with Gasteiger partial charge >= 0.3 is 0 Å². The van der Waals surface area contributed by atoms with Crippen LogP contribution < -0.4 is 5.32 Å². The number of ether oxygens (including phenoxy) is 1. The molecule has 0 aliphatic carbocycles. The van der Waals surface area contributed by atoms with Crippen LogP contribution in [0, 0.1) is 5.92 Å². The second-order valence-corrected chi connectivity index (χ2v) is 6.83. The highest BCUT2D eigenvalue weighted by Gasteiger charge is 2.08. The van der Waals surface area contributed by atoms with Crippen LogP contribution in [0.2, 0.25) is 0 Å². The minimum Gasteiger partial charge on any atom is -0.376 e. The monoisotopic (exact) mass is 277 g/mol. The summed E-state index contributed by atoms with van der Waals surface area (Å²) in [5.41, 5.74) is 2.74. The van der Waals surface area contributed by atoms with E-state index in [1.54, 1.807) is 0 Å². The van der Waals surface area contributed by atoms with Gasteiger partial charge in [0.1, 0.15) is 0 Å². The van der Waals surface area contributed by atoms with Crippen molar-refractivity contribution in [3.8, 4) is 0 Å². The van der Waals surface area contributed by atoms with Gasteiger partial charge in [0, 0.05) is 18.7 Å². The largest absolute Gasteiger partial charge is 0.376 e. The molecule has 0 spiro atoms. The van der Waals surface area contributed by atoms with Crippen LogP contribution in [0.4, 0.5) is 0 Å². The van der Waals surface area contributed by atoms with Crippen LogP contribution in [-0.2, 0) is 17.9 Å². The Kier molecular flexibility index (Phi) is 7.25. The molecule has 1 aromatic rings. The average Bonchev–Trinajstić information content (AvgIpc) is 2.36. The smallest absolute Gasteiger partial charge is 0.0717 e. The second-order valence-electron chi connectivity index (χ2n) is 6.83. The SMILES string of the molecule is CCCC(C)COCc1cccc(CNC(C)(C)C)c1. The van der Waals surface area contributed by atoms with Gasteiger partial charge in [-0.3, -0.25) is 0 Å². The first-order valence-corrected chi connectivity index (χ1v) is 7.81. The summed E-state index contributed by atoms with van der Waals surface area (Å²) >= 11 is 0. The lowest BCUT2D eigenvalue weighted by atomic mass is 10.1. The van der Waals surface area contributed by atoms with Crippen molar-refractivity contribution >= 4 is 0 Å².